The minimum absolute atomic E-state index is 0.407. The minimum Gasteiger partial charge on any atom is -0.377 e. The van der Waals surface area contributed by atoms with E-state index in [1.807, 2.05) is 0 Å². The lowest BCUT2D eigenvalue weighted by atomic mass is 10.0. The predicted octanol–water partition coefficient (Wildman–Crippen LogP) is 2.78. The Labute approximate surface area is 95.0 Å². The van der Waals surface area contributed by atoms with Crippen molar-refractivity contribution in [2.24, 2.45) is 11.8 Å². The molecule has 15 heavy (non-hydrogen) atoms. The van der Waals surface area contributed by atoms with E-state index in [-0.39, 0.29) is 0 Å². The molecular weight excluding hydrogens is 186 g/mol. The first-order valence-electron chi connectivity index (χ1n) is 6.49. The van der Waals surface area contributed by atoms with Crippen LogP contribution in [0.25, 0.3) is 0 Å². The van der Waals surface area contributed by atoms with Gasteiger partial charge in [0.2, 0.25) is 0 Å². The summed E-state index contributed by atoms with van der Waals surface area (Å²) in [4.78, 5) is 2.60. The van der Waals surface area contributed by atoms with E-state index in [0.717, 1.165) is 19.1 Å². The first-order valence-corrected chi connectivity index (χ1v) is 6.49. The van der Waals surface area contributed by atoms with Gasteiger partial charge in [-0.1, -0.05) is 33.6 Å². The van der Waals surface area contributed by atoms with Crippen molar-refractivity contribution in [1.29, 1.82) is 0 Å². The quantitative estimate of drug-likeness (QED) is 0.712. The normalized spacial score (nSPS) is 29.4. The predicted molar refractivity (Wildman–Crippen MR) is 65.1 cm³/mol. The van der Waals surface area contributed by atoms with Gasteiger partial charge in [0.05, 0.1) is 12.7 Å². The first-order chi connectivity index (χ1) is 7.15. The zero-order valence-electron chi connectivity index (χ0n) is 10.8. The average Bonchev–Trinajstić information content (AvgIpc) is 2.37. The monoisotopic (exact) mass is 213 g/mol. The Morgan fingerprint density at radius 3 is 2.47 bits per heavy atom. The van der Waals surface area contributed by atoms with Crippen LogP contribution in [0.1, 0.15) is 40.5 Å². The molecule has 1 heterocycles. The Bertz CT molecular complexity index is 156. The summed E-state index contributed by atoms with van der Waals surface area (Å²) in [7, 11) is 0. The maximum Gasteiger partial charge on any atom is 0.0674 e. The van der Waals surface area contributed by atoms with Crippen LogP contribution in [0.15, 0.2) is 0 Å². The second-order valence-corrected chi connectivity index (χ2v) is 5.15. The maximum atomic E-state index is 5.75. The lowest BCUT2D eigenvalue weighted by Gasteiger charge is -2.27. The van der Waals surface area contributed by atoms with Gasteiger partial charge in [-0.15, -0.1) is 0 Å². The summed E-state index contributed by atoms with van der Waals surface area (Å²) in [5, 5.41) is 0. The summed E-state index contributed by atoms with van der Waals surface area (Å²) in [6, 6.07) is 0. The molecule has 0 aromatic rings. The molecule has 1 saturated heterocycles. The average molecular weight is 213 g/mol. The molecule has 1 rings (SSSR count). The van der Waals surface area contributed by atoms with Gasteiger partial charge in [-0.05, 0) is 18.8 Å². The summed E-state index contributed by atoms with van der Waals surface area (Å²) in [5.74, 6) is 1.55. The molecule has 0 N–H and O–H groups in total. The van der Waals surface area contributed by atoms with Crippen molar-refractivity contribution in [3.8, 4) is 0 Å². The fourth-order valence-corrected chi connectivity index (χ4v) is 2.37. The van der Waals surface area contributed by atoms with Gasteiger partial charge in [-0.25, -0.2) is 0 Å². The lowest BCUT2D eigenvalue weighted by molar-refractivity contribution is 0.0562. The van der Waals surface area contributed by atoms with Crippen molar-refractivity contribution in [2.75, 3.05) is 26.2 Å². The zero-order chi connectivity index (χ0) is 11.3. The molecule has 0 amide bonds. The molecule has 0 aliphatic carbocycles. The van der Waals surface area contributed by atoms with Crippen LogP contribution in [-0.4, -0.2) is 37.2 Å². The molecule has 0 aromatic carbocycles. The van der Waals surface area contributed by atoms with Crippen molar-refractivity contribution < 1.29 is 4.74 Å². The Morgan fingerprint density at radius 1 is 1.20 bits per heavy atom. The minimum atomic E-state index is 0.407. The number of rotatable bonds is 4. The van der Waals surface area contributed by atoms with E-state index in [4.69, 9.17) is 4.74 Å². The summed E-state index contributed by atoms with van der Waals surface area (Å²) >= 11 is 0. The van der Waals surface area contributed by atoms with Crippen molar-refractivity contribution in [1.82, 2.24) is 4.90 Å². The molecule has 0 radical (unpaired) electrons. The van der Waals surface area contributed by atoms with Crippen LogP contribution in [-0.2, 0) is 4.74 Å². The van der Waals surface area contributed by atoms with Crippen molar-refractivity contribution >= 4 is 0 Å². The standard InChI is InChI=1S/C13H27NO/c1-5-13(6-2)9-14-7-11(3)10-15-12(4)8-14/h11-13H,5-10H2,1-4H3/t11-,12+/m1/s1. The van der Waals surface area contributed by atoms with Gasteiger partial charge in [0, 0.05) is 19.6 Å². The van der Waals surface area contributed by atoms with Crippen LogP contribution in [0.2, 0.25) is 0 Å². The SMILES string of the molecule is CCC(CC)CN1C[C@@H](C)CO[C@@H](C)C1. The van der Waals surface area contributed by atoms with Crippen molar-refractivity contribution in [2.45, 2.75) is 46.6 Å². The molecule has 1 aliphatic heterocycles. The molecular formula is C13H27NO. The molecule has 0 unspecified atom stereocenters. The van der Waals surface area contributed by atoms with E-state index >= 15 is 0 Å². The van der Waals surface area contributed by atoms with E-state index in [9.17, 15) is 0 Å². The van der Waals surface area contributed by atoms with E-state index < -0.39 is 0 Å². The molecule has 0 aromatic heterocycles. The van der Waals surface area contributed by atoms with Crippen LogP contribution in [0.3, 0.4) is 0 Å². The number of hydrogen-bond donors (Lipinski definition) is 0. The van der Waals surface area contributed by atoms with Gasteiger partial charge in [-0.2, -0.15) is 0 Å². The van der Waals surface area contributed by atoms with Gasteiger partial charge < -0.3 is 9.64 Å². The number of nitrogens with zero attached hydrogens (tertiary/aromatic N) is 1. The van der Waals surface area contributed by atoms with Crippen LogP contribution in [0.5, 0.6) is 0 Å². The Morgan fingerprint density at radius 2 is 1.87 bits per heavy atom. The molecule has 1 fully saturated rings. The molecule has 2 atom stereocenters. The highest BCUT2D eigenvalue weighted by molar-refractivity contribution is 4.73. The third-order valence-corrected chi connectivity index (χ3v) is 3.42. The molecule has 2 nitrogen and oxygen atoms in total. The molecule has 0 bridgehead atoms. The van der Waals surface area contributed by atoms with Gasteiger partial charge in [-0.3, -0.25) is 0 Å². The maximum absolute atomic E-state index is 5.75. The van der Waals surface area contributed by atoms with E-state index in [1.165, 1.54) is 25.9 Å². The number of ether oxygens (including phenoxy) is 1. The number of hydrogen-bond acceptors (Lipinski definition) is 2. The third-order valence-electron chi connectivity index (χ3n) is 3.42. The Kier molecular flexibility index (Phi) is 5.62. The summed E-state index contributed by atoms with van der Waals surface area (Å²) < 4.78 is 5.75. The largest absolute Gasteiger partial charge is 0.377 e. The summed E-state index contributed by atoms with van der Waals surface area (Å²) in [6.07, 6.45) is 3.01. The first kappa shape index (κ1) is 13.0. The van der Waals surface area contributed by atoms with Gasteiger partial charge in [0.1, 0.15) is 0 Å². The van der Waals surface area contributed by atoms with E-state index in [0.29, 0.717) is 12.0 Å². The zero-order valence-corrected chi connectivity index (χ0v) is 10.8. The summed E-state index contributed by atoms with van der Waals surface area (Å²) in [6.45, 7) is 13.6. The molecule has 1 aliphatic rings. The Balaban J connectivity index is 2.43. The highest BCUT2D eigenvalue weighted by Gasteiger charge is 2.21. The molecule has 0 spiro atoms. The van der Waals surface area contributed by atoms with Crippen molar-refractivity contribution in [3.63, 3.8) is 0 Å². The smallest absolute Gasteiger partial charge is 0.0674 e. The van der Waals surface area contributed by atoms with Gasteiger partial charge >= 0.3 is 0 Å². The van der Waals surface area contributed by atoms with Crippen LogP contribution in [0.4, 0.5) is 0 Å². The fraction of sp³-hybridized carbons (Fsp3) is 1.00. The Hall–Kier alpha value is -0.0800. The van der Waals surface area contributed by atoms with Crippen LogP contribution >= 0.6 is 0 Å². The molecule has 90 valence electrons. The van der Waals surface area contributed by atoms with Crippen LogP contribution < -0.4 is 0 Å². The topological polar surface area (TPSA) is 12.5 Å². The van der Waals surface area contributed by atoms with Crippen molar-refractivity contribution in [3.05, 3.63) is 0 Å². The lowest BCUT2D eigenvalue weighted by Crippen LogP contribution is -2.35. The highest BCUT2D eigenvalue weighted by atomic mass is 16.5. The second-order valence-electron chi connectivity index (χ2n) is 5.15. The second kappa shape index (κ2) is 6.49. The summed E-state index contributed by atoms with van der Waals surface area (Å²) in [5.41, 5.74) is 0. The molecule has 2 heteroatoms. The third kappa shape index (κ3) is 4.52. The van der Waals surface area contributed by atoms with Gasteiger partial charge in [0.15, 0.2) is 0 Å². The van der Waals surface area contributed by atoms with E-state index in [1.54, 1.807) is 0 Å². The fourth-order valence-electron chi connectivity index (χ4n) is 2.37. The van der Waals surface area contributed by atoms with Crippen LogP contribution in [0, 0.1) is 11.8 Å². The molecule has 0 saturated carbocycles. The van der Waals surface area contributed by atoms with Gasteiger partial charge in [0.25, 0.3) is 0 Å². The highest BCUT2D eigenvalue weighted by Crippen LogP contribution is 2.15. The van der Waals surface area contributed by atoms with E-state index in [2.05, 4.69) is 32.6 Å².